The second-order valence-corrected chi connectivity index (χ2v) is 6.87. The molecule has 6 heteroatoms. The van der Waals surface area contributed by atoms with Gasteiger partial charge in [0, 0.05) is 37.8 Å². The number of carbonyl (C=O) groups is 1. The van der Waals surface area contributed by atoms with Gasteiger partial charge in [-0.15, -0.1) is 0 Å². The van der Waals surface area contributed by atoms with E-state index in [0.717, 1.165) is 54.4 Å². The average Bonchev–Trinajstić information content (AvgIpc) is 3.12. The first-order valence-corrected chi connectivity index (χ1v) is 9.54. The molecular formula is C22H24N4O2. The highest BCUT2D eigenvalue weighted by atomic mass is 16.5. The van der Waals surface area contributed by atoms with E-state index in [2.05, 4.69) is 21.2 Å². The van der Waals surface area contributed by atoms with Gasteiger partial charge in [-0.3, -0.25) is 9.89 Å². The van der Waals surface area contributed by atoms with E-state index in [4.69, 9.17) is 4.74 Å². The smallest absolute Gasteiger partial charge is 0.253 e. The minimum absolute atomic E-state index is 0.100. The van der Waals surface area contributed by atoms with Crippen molar-refractivity contribution in [2.75, 3.05) is 38.2 Å². The van der Waals surface area contributed by atoms with E-state index in [1.165, 1.54) is 0 Å². The summed E-state index contributed by atoms with van der Waals surface area (Å²) in [5.41, 5.74) is 2.78. The Hall–Kier alpha value is -3.28. The van der Waals surface area contributed by atoms with Gasteiger partial charge < -0.3 is 14.5 Å². The summed E-state index contributed by atoms with van der Waals surface area (Å²) in [4.78, 5) is 16.9. The van der Waals surface area contributed by atoms with E-state index in [0.29, 0.717) is 6.54 Å². The van der Waals surface area contributed by atoms with E-state index in [1.54, 1.807) is 7.11 Å². The number of aromatic nitrogens is 2. The number of nitrogens with one attached hydrogen (secondary N) is 1. The Kier molecular flexibility index (Phi) is 5.28. The van der Waals surface area contributed by atoms with Gasteiger partial charge in [0.2, 0.25) is 0 Å². The van der Waals surface area contributed by atoms with Crippen molar-refractivity contribution in [2.24, 2.45) is 0 Å². The fourth-order valence-corrected chi connectivity index (χ4v) is 3.50. The third-order valence-corrected chi connectivity index (χ3v) is 5.09. The van der Waals surface area contributed by atoms with Crippen LogP contribution in [0.5, 0.6) is 5.75 Å². The molecule has 4 rings (SSSR count). The standard InChI is InChI=1S/C22H24N4O2/c1-28-19-10-8-17(9-11-19)20-16-21(24-23-20)25-12-5-13-26(15-14-25)22(27)18-6-3-2-4-7-18/h2-4,6-11,16H,5,12-15H2,1H3,(H,23,24). The van der Waals surface area contributed by atoms with Crippen molar-refractivity contribution >= 4 is 11.7 Å². The highest BCUT2D eigenvalue weighted by Gasteiger charge is 2.21. The van der Waals surface area contributed by atoms with E-state index >= 15 is 0 Å². The zero-order valence-corrected chi connectivity index (χ0v) is 16.0. The highest BCUT2D eigenvalue weighted by Crippen LogP contribution is 2.24. The number of methoxy groups -OCH3 is 1. The van der Waals surface area contributed by atoms with Crippen LogP contribution < -0.4 is 9.64 Å². The van der Waals surface area contributed by atoms with Crippen LogP contribution in [0.15, 0.2) is 60.7 Å². The highest BCUT2D eigenvalue weighted by molar-refractivity contribution is 5.94. The van der Waals surface area contributed by atoms with Gasteiger partial charge >= 0.3 is 0 Å². The Morgan fingerprint density at radius 1 is 1.00 bits per heavy atom. The van der Waals surface area contributed by atoms with Crippen molar-refractivity contribution < 1.29 is 9.53 Å². The predicted molar refractivity (Wildman–Crippen MR) is 110 cm³/mol. The number of anilines is 1. The molecule has 1 aliphatic heterocycles. The van der Waals surface area contributed by atoms with Crippen LogP contribution in [0.3, 0.4) is 0 Å². The van der Waals surface area contributed by atoms with Crippen LogP contribution in [0.4, 0.5) is 5.82 Å². The zero-order valence-electron chi connectivity index (χ0n) is 16.0. The number of benzene rings is 2. The SMILES string of the molecule is COc1ccc(-c2cc(N3CCCN(C(=O)c4ccccc4)CC3)n[nH]2)cc1. The third kappa shape index (κ3) is 3.86. The van der Waals surface area contributed by atoms with Crippen LogP contribution in [0.1, 0.15) is 16.8 Å². The van der Waals surface area contributed by atoms with Gasteiger partial charge in [0.15, 0.2) is 5.82 Å². The molecule has 144 valence electrons. The van der Waals surface area contributed by atoms with Crippen molar-refractivity contribution in [2.45, 2.75) is 6.42 Å². The second kappa shape index (κ2) is 8.17. The minimum Gasteiger partial charge on any atom is -0.497 e. The maximum Gasteiger partial charge on any atom is 0.253 e. The lowest BCUT2D eigenvalue weighted by molar-refractivity contribution is 0.0767. The minimum atomic E-state index is 0.100. The van der Waals surface area contributed by atoms with Gasteiger partial charge in [-0.25, -0.2) is 0 Å². The first-order chi connectivity index (χ1) is 13.7. The van der Waals surface area contributed by atoms with Crippen LogP contribution in [-0.4, -0.2) is 54.3 Å². The second-order valence-electron chi connectivity index (χ2n) is 6.87. The van der Waals surface area contributed by atoms with E-state index in [1.807, 2.05) is 59.5 Å². The number of carbonyl (C=O) groups excluding carboxylic acids is 1. The molecule has 0 saturated carbocycles. The third-order valence-electron chi connectivity index (χ3n) is 5.09. The van der Waals surface area contributed by atoms with Crippen molar-refractivity contribution in [3.63, 3.8) is 0 Å². The Bertz CT molecular complexity index is 921. The zero-order chi connectivity index (χ0) is 19.3. The normalized spacial score (nSPS) is 14.6. The van der Waals surface area contributed by atoms with E-state index in [-0.39, 0.29) is 5.91 Å². The molecule has 1 fully saturated rings. The topological polar surface area (TPSA) is 61.5 Å². The molecule has 1 saturated heterocycles. The number of hydrogen-bond donors (Lipinski definition) is 1. The summed E-state index contributed by atoms with van der Waals surface area (Å²) in [6, 6.07) is 19.5. The van der Waals surface area contributed by atoms with Gasteiger partial charge in [0.05, 0.1) is 12.8 Å². The Morgan fingerprint density at radius 2 is 1.79 bits per heavy atom. The first-order valence-electron chi connectivity index (χ1n) is 9.54. The number of ether oxygens (including phenoxy) is 1. The average molecular weight is 376 g/mol. The Labute approximate surface area is 164 Å². The lowest BCUT2D eigenvalue weighted by atomic mass is 10.1. The summed E-state index contributed by atoms with van der Waals surface area (Å²) in [5, 5.41) is 7.62. The lowest BCUT2D eigenvalue weighted by Crippen LogP contribution is -2.35. The fourth-order valence-electron chi connectivity index (χ4n) is 3.50. The molecule has 1 aliphatic rings. The monoisotopic (exact) mass is 376 g/mol. The van der Waals surface area contributed by atoms with E-state index < -0.39 is 0 Å². The largest absolute Gasteiger partial charge is 0.497 e. The number of hydrogen-bond acceptors (Lipinski definition) is 4. The maximum absolute atomic E-state index is 12.7. The predicted octanol–water partition coefficient (Wildman–Crippen LogP) is 3.44. The first kappa shape index (κ1) is 18.1. The van der Waals surface area contributed by atoms with Crippen LogP contribution in [0.25, 0.3) is 11.3 Å². The molecular weight excluding hydrogens is 352 g/mol. The van der Waals surface area contributed by atoms with Gasteiger partial charge in [-0.2, -0.15) is 5.10 Å². The van der Waals surface area contributed by atoms with Crippen LogP contribution in [0.2, 0.25) is 0 Å². The summed E-state index contributed by atoms with van der Waals surface area (Å²) >= 11 is 0. The quantitative estimate of drug-likeness (QED) is 0.758. The Balaban J connectivity index is 1.43. The van der Waals surface area contributed by atoms with Crippen molar-refractivity contribution in [1.29, 1.82) is 0 Å². The molecule has 3 aromatic rings. The summed E-state index contributed by atoms with van der Waals surface area (Å²) in [5.74, 6) is 1.85. The number of rotatable bonds is 4. The molecule has 0 unspecified atom stereocenters. The molecule has 0 radical (unpaired) electrons. The van der Waals surface area contributed by atoms with Gasteiger partial charge in [0.1, 0.15) is 5.75 Å². The molecule has 0 bridgehead atoms. The van der Waals surface area contributed by atoms with Crippen LogP contribution in [0, 0.1) is 0 Å². The molecule has 1 aromatic heterocycles. The van der Waals surface area contributed by atoms with Crippen molar-refractivity contribution in [3.8, 4) is 17.0 Å². The molecule has 0 aliphatic carbocycles. The van der Waals surface area contributed by atoms with Crippen LogP contribution >= 0.6 is 0 Å². The Morgan fingerprint density at radius 3 is 2.54 bits per heavy atom. The van der Waals surface area contributed by atoms with Gasteiger partial charge in [-0.05, 0) is 48.4 Å². The molecule has 1 amide bonds. The van der Waals surface area contributed by atoms with E-state index in [9.17, 15) is 4.79 Å². The molecule has 1 N–H and O–H groups in total. The molecule has 2 heterocycles. The van der Waals surface area contributed by atoms with Crippen molar-refractivity contribution in [3.05, 3.63) is 66.2 Å². The molecule has 28 heavy (non-hydrogen) atoms. The van der Waals surface area contributed by atoms with Gasteiger partial charge in [0.25, 0.3) is 5.91 Å². The fraction of sp³-hybridized carbons (Fsp3) is 0.273. The summed E-state index contributed by atoms with van der Waals surface area (Å²) in [6.45, 7) is 3.11. The summed E-state index contributed by atoms with van der Waals surface area (Å²) in [6.07, 6.45) is 0.920. The number of H-pyrrole nitrogens is 1. The number of nitrogens with zero attached hydrogens (tertiary/aromatic N) is 3. The molecule has 6 nitrogen and oxygen atoms in total. The van der Waals surface area contributed by atoms with Crippen LogP contribution in [-0.2, 0) is 0 Å². The maximum atomic E-state index is 12.7. The van der Waals surface area contributed by atoms with Crippen molar-refractivity contribution in [1.82, 2.24) is 15.1 Å². The summed E-state index contributed by atoms with van der Waals surface area (Å²) < 4.78 is 5.21. The number of amides is 1. The molecule has 2 aromatic carbocycles. The van der Waals surface area contributed by atoms with Gasteiger partial charge in [-0.1, -0.05) is 18.2 Å². The number of aromatic amines is 1. The molecule has 0 atom stereocenters. The lowest BCUT2D eigenvalue weighted by Gasteiger charge is -2.22. The molecule has 0 spiro atoms. The summed E-state index contributed by atoms with van der Waals surface area (Å²) in [7, 11) is 1.66.